The molecule has 0 N–H and O–H groups in total. The van der Waals surface area contributed by atoms with E-state index in [1.165, 1.54) is 20.3 Å². The van der Waals surface area contributed by atoms with Crippen LogP contribution in [0, 0.1) is 0 Å². The lowest BCUT2D eigenvalue weighted by molar-refractivity contribution is -0.142. The van der Waals surface area contributed by atoms with Crippen molar-refractivity contribution in [3.05, 3.63) is 0 Å². The molecule has 0 aliphatic rings. The van der Waals surface area contributed by atoms with Gasteiger partial charge in [0, 0.05) is 27.6 Å². The van der Waals surface area contributed by atoms with Crippen molar-refractivity contribution < 1.29 is 23.8 Å². The fourth-order valence-corrected chi connectivity index (χ4v) is 1.13. The smallest absolute Gasteiger partial charge is 0.302 e. The summed E-state index contributed by atoms with van der Waals surface area (Å²) in [5.74, 6) is -0.386. The molecule has 0 rings (SSSR count). The van der Waals surface area contributed by atoms with Gasteiger partial charge in [0.05, 0.1) is 13.2 Å². The van der Waals surface area contributed by atoms with Gasteiger partial charge in [0.2, 0.25) is 0 Å². The first-order valence-corrected chi connectivity index (χ1v) is 6.80. The number of hydrogen-bond donors (Lipinski definition) is 0. The third kappa shape index (κ3) is 26.5. The van der Waals surface area contributed by atoms with Crippen molar-refractivity contribution in [2.24, 2.45) is 0 Å². The maximum Gasteiger partial charge on any atom is 0.302 e. The van der Waals surface area contributed by atoms with E-state index in [1.54, 1.807) is 7.11 Å². The van der Waals surface area contributed by atoms with E-state index in [4.69, 9.17) is 14.2 Å². The Morgan fingerprint density at radius 2 is 1.21 bits per heavy atom. The summed E-state index contributed by atoms with van der Waals surface area (Å²) < 4.78 is 14.2. The number of hydrogen-bond acceptors (Lipinski definition) is 5. The van der Waals surface area contributed by atoms with E-state index in [0.29, 0.717) is 13.2 Å². The summed E-state index contributed by atoms with van der Waals surface area (Å²) in [4.78, 5) is 20.4. The summed E-state index contributed by atoms with van der Waals surface area (Å²) in [6, 6.07) is 0. The first kappa shape index (κ1) is 20.2. The van der Waals surface area contributed by atoms with Gasteiger partial charge in [0.25, 0.3) is 0 Å². The van der Waals surface area contributed by atoms with E-state index in [0.717, 1.165) is 32.3 Å². The zero-order valence-corrected chi connectivity index (χ0v) is 12.7. The third-order valence-electron chi connectivity index (χ3n) is 2.10. The average molecular weight is 276 g/mol. The summed E-state index contributed by atoms with van der Waals surface area (Å²) in [7, 11) is 1.66. The Kier molecular flexibility index (Phi) is 18.0. The van der Waals surface area contributed by atoms with Gasteiger partial charge >= 0.3 is 11.9 Å². The predicted molar refractivity (Wildman–Crippen MR) is 73.9 cm³/mol. The van der Waals surface area contributed by atoms with E-state index in [1.807, 2.05) is 0 Å². The molecule has 5 nitrogen and oxygen atoms in total. The molecule has 0 spiro atoms. The van der Waals surface area contributed by atoms with Crippen LogP contribution in [-0.4, -0.2) is 38.9 Å². The van der Waals surface area contributed by atoms with Crippen LogP contribution in [0.25, 0.3) is 0 Å². The number of methoxy groups -OCH3 is 1. The summed E-state index contributed by atoms with van der Waals surface area (Å²) in [5, 5.41) is 0. The number of esters is 2. The Morgan fingerprint density at radius 3 is 1.58 bits per heavy atom. The molecule has 5 heteroatoms. The van der Waals surface area contributed by atoms with Crippen LogP contribution in [0.3, 0.4) is 0 Å². The molecule has 0 aliphatic carbocycles. The molecule has 0 unspecified atom stereocenters. The van der Waals surface area contributed by atoms with Gasteiger partial charge in [-0.1, -0.05) is 19.8 Å². The van der Waals surface area contributed by atoms with Crippen molar-refractivity contribution in [2.45, 2.75) is 52.9 Å². The average Bonchev–Trinajstić information content (AvgIpc) is 2.35. The van der Waals surface area contributed by atoms with Crippen molar-refractivity contribution in [3.63, 3.8) is 0 Å². The van der Waals surface area contributed by atoms with E-state index in [2.05, 4.69) is 6.92 Å². The van der Waals surface area contributed by atoms with Crippen molar-refractivity contribution >= 4 is 11.9 Å². The summed E-state index contributed by atoms with van der Waals surface area (Å²) in [5.41, 5.74) is 0. The quantitative estimate of drug-likeness (QED) is 0.478. The van der Waals surface area contributed by atoms with Gasteiger partial charge in [-0.3, -0.25) is 9.59 Å². The SMILES string of the molecule is CCCCCOC(C)=O.COCCCCOC(C)=O. The molecule has 0 saturated carbocycles. The largest absolute Gasteiger partial charge is 0.466 e. The van der Waals surface area contributed by atoms with Crippen LogP contribution >= 0.6 is 0 Å². The zero-order chi connectivity index (χ0) is 14.9. The van der Waals surface area contributed by atoms with Crippen LogP contribution in [0.1, 0.15) is 52.9 Å². The van der Waals surface area contributed by atoms with Gasteiger partial charge in [0.15, 0.2) is 0 Å². The van der Waals surface area contributed by atoms with E-state index in [9.17, 15) is 9.59 Å². The highest BCUT2D eigenvalue weighted by Gasteiger charge is 1.91. The van der Waals surface area contributed by atoms with Gasteiger partial charge in [-0.05, 0) is 19.3 Å². The molecule has 0 aromatic carbocycles. The van der Waals surface area contributed by atoms with Crippen LogP contribution in [0.15, 0.2) is 0 Å². The van der Waals surface area contributed by atoms with Gasteiger partial charge in [-0.25, -0.2) is 0 Å². The Bertz CT molecular complexity index is 216. The molecular weight excluding hydrogens is 248 g/mol. The lowest BCUT2D eigenvalue weighted by Crippen LogP contribution is -2.01. The molecule has 0 saturated heterocycles. The molecular formula is C14H28O5. The standard InChI is InChI=1S/C7H14O3.C7H14O2/c1-7(8)10-6-4-3-5-9-2;1-3-4-5-6-9-7(2)8/h3-6H2,1-2H3;3-6H2,1-2H3. The molecule has 0 aromatic heterocycles. The van der Waals surface area contributed by atoms with Crippen LogP contribution in [0.2, 0.25) is 0 Å². The van der Waals surface area contributed by atoms with E-state index in [-0.39, 0.29) is 11.9 Å². The van der Waals surface area contributed by atoms with Crippen molar-refractivity contribution in [1.29, 1.82) is 0 Å². The van der Waals surface area contributed by atoms with Crippen molar-refractivity contribution in [3.8, 4) is 0 Å². The second-order valence-corrected chi connectivity index (χ2v) is 4.09. The zero-order valence-electron chi connectivity index (χ0n) is 12.7. The summed E-state index contributed by atoms with van der Waals surface area (Å²) in [6.07, 6.45) is 5.14. The van der Waals surface area contributed by atoms with Crippen LogP contribution in [-0.2, 0) is 23.8 Å². The molecule has 0 bridgehead atoms. The number of unbranched alkanes of at least 4 members (excludes halogenated alkanes) is 3. The van der Waals surface area contributed by atoms with Crippen molar-refractivity contribution in [1.82, 2.24) is 0 Å². The second-order valence-electron chi connectivity index (χ2n) is 4.09. The minimum atomic E-state index is -0.211. The van der Waals surface area contributed by atoms with Gasteiger partial charge in [-0.15, -0.1) is 0 Å². The minimum absolute atomic E-state index is 0.175. The molecule has 0 aromatic rings. The number of carbonyl (C=O) groups excluding carboxylic acids is 2. The maximum absolute atomic E-state index is 10.2. The number of ether oxygens (including phenoxy) is 3. The highest BCUT2D eigenvalue weighted by molar-refractivity contribution is 5.66. The van der Waals surface area contributed by atoms with Gasteiger partial charge in [0.1, 0.15) is 0 Å². The minimum Gasteiger partial charge on any atom is -0.466 e. The second kappa shape index (κ2) is 16.9. The van der Waals surface area contributed by atoms with Crippen LogP contribution < -0.4 is 0 Å². The van der Waals surface area contributed by atoms with Gasteiger partial charge < -0.3 is 14.2 Å². The lowest BCUT2D eigenvalue weighted by atomic mass is 10.3. The normalized spacial score (nSPS) is 9.26. The van der Waals surface area contributed by atoms with Crippen molar-refractivity contribution in [2.75, 3.05) is 26.9 Å². The van der Waals surface area contributed by atoms with Crippen LogP contribution in [0.5, 0.6) is 0 Å². The van der Waals surface area contributed by atoms with E-state index < -0.39 is 0 Å². The first-order valence-electron chi connectivity index (χ1n) is 6.80. The summed E-state index contributed by atoms with van der Waals surface area (Å²) in [6.45, 7) is 6.80. The lowest BCUT2D eigenvalue weighted by Gasteiger charge is -1.99. The van der Waals surface area contributed by atoms with Gasteiger partial charge in [-0.2, -0.15) is 0 Å². The topological polar surface area (TPSA) is 61.8 Å². The molecule has 0 aliphatic heterocycles. The van der Waals surface area contributed by atoms with Crippen LogP contribution in [0.4, 0.5) is 0 Å². The highest BCUT2D eigenvalue weighted by atomic mass is 16.5. The number of rotatable bonds is 9. The molecule has 0 fully saturated rings. The Hall–Kier alpha value is -1.10. The third-order valence-corrected chi connectivity index (χ3v) is 2.10. The number of carbonyl (C=O) groups is 2. The fraction of sp³-hybridized carbons (Fsp3) is 0.857. The molecule has 0 heterocycles. The Balaban J connectivity index is 0. The fourth-order valence-electron chi connectivity index (χ4n) is 1.13. The Morgan fingerprint density at radius 1 is 0.789 bits per heavy atom. The molecule has 0 amide bonds. The monoisotopic (exact) mass is 276 g/mol. The molecule has 19 heavy (non-hydrogen) atoms. The molecule has 0 atom stereocenters. The maximum atomic E-state index is 10.2. The summed E-state index contributed by atoms with van der Waals surface area (Å²) >= 11 is 0. The molecule has 114 valence electrons. The predicted octanol–water partition coefficient (Wildman–Crippen LogP) is 2.72. The van der Waals surface area contributed by atoms with E-state index >= 15 is 0 Å². The highest BCUT2D eigenvalue weighted by Crippen LogP contribution is 1.93. The molecule has 0 radical (unpaired) electrons. The Labute approximate surface area is 116 Å². The first-order chi connectivity index (χ1) is 9.04.